The summed E-state index contributed by atoms with van der Waals surface area (Å²) >= 11 is 16.2. The second-order valence-corrected chi connectivity index (χ2v) is 7.16. The number of hydrogen-bond donors (Lipinski definition) is 1. The van der Waals surface area contributed by atoms with Crippen LogP contribution in [0.1, 0.15) is 20.7 Å². The number of aromatic nitrogens is 2. The maximum Gasteiger partial charge on any atom is 0.337 e. The maximum absolute atomic E-state index is 10.5. The lowest BCUT2D eigenvalue weighted by Crippen LogP contribution is -1.96. The van der Waals surface area contributed by atoms with Crippen LogP contribution in [0, 0.1) is 0 Å². The van der Waals surface area contributed by atoms with E-state index in [9.17, 15) is 9.59 Å². The summed E-state index contributed by atoms with van der Waals surface area (Å²) in [5.74, 6) is -1.03. The Morgan fingerprint density at radius 2 is 1.33 bits per heavy atom. The Balaban J connectivity index is 0.000000363. The van der Waals surface area contributed by atoms with Crippen molar-refractivity contribution in [3.05, 3.63) is 58.1 Å². The Bertz CT molecular complexity index is 673. The van der Waals surface area contributed by atoms with Gasteiger partial charge in [0, 0.05) is 46.2 Å². The van der Waals surface area contributed by atoms with Crippen molar-refractivity contribution in [3.8, 4) is 0 Å². The van der Waals surface area contributed by atoms with Crippen LogP contribution in [-0.4, -0.2) is 30.5 Å². The van der Waals surface area contributed by atoms with Crippen LogP contribution in [0.4, 0.5) is 0 Å². The molecule has 0 bridgehead atoms. The molecule has 0 saturated carbocycles. The van der Waals surface area contributed by atoms with Crippen LogP contribution in [0.5, 0.6) is 0 Å². The minimum absolute atomic E-state index is 0.0802. The van der Waals surface area contributed by atoms with Crippen molar-refractivity contribution < 1.29 is 18.9 Å². The molecule has 0 amide bonds. The van der Waals surface area contributed by atoms with Crippen LogP contribution in [0.25, 0.3) is 0 Å². The third-order valence-electron chi connectivity index (χ3n) is 1.99. The van der Waals surface area contributed by atoms with Gasteiger partial charge in [-0.3, -0.25) is 14.8 Å². The molecule has 0 aliphatic heterocycles. The number of rotatable bonds is 2. The van der Waals surface area contributed by atoms with Gasteiger partial charge in [0.05, 0.1) is 21.2 Å². The molecule has 2 aromatic rings. The van der Waals surface area contributed by atoms with Crippen LogP contribution in [-0.2, 0) is 9.23 Å². The molecule has 2 rings (SSSR count). The summed E-state index contributed by atoms with van der Waals surface area (Å²) in [6, 6.07) is 2.82. The van der Waals surface area contributed by atoms with Gasteiger partial charge in [-0.15, -0.1) is 0 Å². The molecule has 6 nitrogen and oxygen atoms in total. The average molecular weight is 453 g/mol. The summed E-state index contributed by atoms with van der Waals surface area (Å²) < 4.78 is 9.09. The van der Waals surface area contributed by atoms with Gasteiger partial charge in [0.15, 0.2) is 0 Å². The van der Waals surface area contributed by atoms with Crippen LogP contribution in [0.3, 0.4) is 0 Å². The third-order valence-corrected chi connectivity index (χ3v) is 2.79. The number of carboxylic acid groups (broad SMARTS) is 1. The van der Waals surface area contributed by atoms with E-state index in [-0.39, 0.29) is 15.6 Å². The lowest BCUT2D eigenvalue weighted by Gasteiger charge is -1.93. The SMILES string of the molecule is O=C(Cl)c1ccncc1Cl.O=C(O)c1ccncc1Cl.O=S(Cl)Cl. The van der Waals surface area contributed by atoms with Gasteiger partial charge >= 0.3 is 5.97 Å². The van der Waals surface area contributed by atoms with Crippen molar-refractivity contribution in [1.82, 2.24) is 9.97 Å². The standard InChI is InChI=1S/C6H3Cl2NO.C6H4ClNO2.Cl2OS/c7-5-3-9-2-1-4(5)6(8)10;7-5-3-8-2-1-4(5)6(9)10;1-4(2)3/h1-3H;1-3H,(H,9,10);. The van der Waals surface area contributed by atoms with Crippen LogP contribution in [0.2, 0.25) is 10.0 Å². The number of hydrogen-bond acceptors (Lipinski definition) is 5. The van der Waals surface area contributed by atoms with Crippen LogP contribution < -0.4 is 0 Å². The molecule has 12 heteroatoms. The Morgan fingerprint density at radius 1 is 0.958 bits per heavy atom. The molecule has 2 heterocycles. The smallest absolute Gasteiger partial charge is 0.337 e. The fourth-order valence-corrected chi connectivity index (χ4v) is 1.70. The largest absolute Gasteiger partial charge is 0.478 e. The molecule has 0 radical (unpaired) electrons. The molecular formula is C12H7Cl5N2O4S. The first kappa shape index (κ1) is 23.0. The number of halogens is 5. The number of nitrogens with zero attached hydrogens (tertiary/aromatic N) is 2. The Hall–Kier alpha value is -0.960. The average Bonchev–Trinajstić information content (AvgIpc) is 2.47. The van der Waals surface area contributed by atoms with Crippen molar-refractivity contribution in [3.63, 3.8) is 0 Å². The first-order valence-corrected chi connectivity index (χ1v) is 9.46. The zero-order valence-corrected chi connectivity index (χ0v) is 15.9. The minimum Gasteiger partial charge on any atom is -0.478 e. The Labute approximate surface area is 163 Å². The first-order chi connectivity index (χ1) is 11.2. The predicted octanol–water partition coefficient (Wildman–Crippen LogP) is 4.59. The van der Waals surface area contributed by atoms with Crippen molar-refractivity contribution >= 4 is 76.6 Å². The molecule has 0 atom stereocenters. The van der Waals surface area contributed by atoms with E-state index >= 15 is 0 Å². The third kappa shape index (κ3) is 10.0. The first-order valence-electron chi connectivity index (χ1n) is 5.53. The summed E-state index contributed by atoms with van der Waals surface area (Å²) in [7, 11) is 7.36. The van der Waals surface area contributed by atoms with Gasteiger partial charge in [-0.2, -0.15) is 0 Å². The van der Waals surface area contributed by atoms with E-state index < -0.39 is 20.4 Å². The van der Waals surface area contributed by atoms with Gasteiger partial charge in [0.2, 0.25) is 9.23 Å². The molecule has 0 aliphatic rings. The van der Waals surface area contributed by atoms with Crippen molar-refractivity contribution in [2.24, 2.45) is 0 Å². The van der Waals surface area contributed by atoms with Gasteiger partial charge in [0.25, 0.3) is 5.24 Å². The van der Waals surface area contributed by atoms with Crippen molar-refractivity contribution in [2.45, 2.75) is 0 Å². The van der Waals surface area contributed by atoms with Gasteiger partial charge in [-0.25, -0.2) is 9.00 Å². The van der Waals surface area contributed by atoms with E-state index in [1.54, 1.807) is 0 Å². The minimum atomic E-state index is -1.67. The maximum atomic E-state index is 10.5. The van der Waals surface area contributed by atoms with E-state index in [1.807, 2.05) is 0 Å². The summed E-state index contributed by atoms with van der Waals surface area (Å²) in [5, 5.41) is 8.33. The summed E-state index contributed by atoms with van der Waals surface area (Å²) in [6.45, 7) is 0. The number of carbonyl (C=O) groups is 2. The highest BCUT2D eigenvalue weighted by Crippen LogP contribution is 2.15. The van der Waals surface area contributed by atoms with Crippen LogP contribution in [0.15, 0.2) is 36.9 Å². The summed E-state index contributed by atoms with van der Waals surface area (Å²) in [4.78, 5) is 28.1. The Morgan fingerprint density at radius 3 is 1.54 bits per heavy atom. The van der Waals surface area contributed by atoms with E-state index in [2.05, 4.69) is 31.3 Å². The van der Waals surface area contributed by atoms with Gasteiger partial charge < -0.3 is 5.11 Å². The molecule has 0 unspecified atom stereocenters. The molecule has 0 aliphatic carbocycles. The molecule has 0 aromatic carbocycles. The van der Waals surface area contributed by atoms with Crippen LogP contribution >= 0.6 is 56.2 Å². The second-order valence-electron chi connectivity index (χ2n) is 3.47. The lowest BCUT2D eigenvalue weighted by atomic mass is 10.3. The number of pyridine rings is 2. The molecule has 0 fully saturated rings. The molecular weight excluding hydrogens is 445 g/mol. The van der Waals surface area contributed by atoms with E-state index in [0.717, 1.165) is 0 Å². The molecule has 2 aromatic heterocycles. The molecule has 1 N–H and O–H groups in total. The monoisotopic (exact) mass is 450 g/mol. The zero-order chi connectivity index (χ0) is 18.7. The van der Waals surface area contributed by atoms with E-state index in [4.69, 9.17) is 44.1 Å². The fourth-order valence-electron chi connectivity index (χ4n) is 1.08. The molecule has 130 valence electrons. The van der Waals surface area contributed by atoms with Gasteiger partial charge in [-0.1, -0.05) is 23.2 Å². The van der Waals surface area contributed by atoms with Crippen molar-refractivity contribution in [2.75, 3.05) is 0 Å². The number of aromatic carboxylic acids is 1. The highest BCUT2D eigenvalue weighted by Gasteiger charge is 2.06. The lowest BCUT2D eigenvalue weighted by molar-refractivity contribution is 0.0696. The van der Waals surface area contributed by atoms with Crippen molar-refractivity contribution in [1.29, 1.82) is 0 Å². The van der Waals surface area contributed by atoms with E-state index in [0.29, 0.717) is 5.56 Å². The topological polar surface area (TPSA) is 97.2 Å². The van der Waals surface area contributed by atoms with Gasteiger partial charge in [0.1, 0.15) is 0 Å². The zero-order valence-electron chi connectivity index (χ0n) is 11.3. The second kappa shape index (κ2) is 12.4. The normalized spacial score (nSPS) is 9.25. The number of carbonyl (C=O) groups excluding carboxylic acids is 1. The predicted molar refractivity (Wildman–Crippen MR) is 95.5 cm³/mol. The van der Waals surface area contributed by atoms with E-state index in [1.165, 1.54) is 36.9 Å². The Kier molecular flexibility index (Phi) is 11.9. The quantitative estimate of drug-likeness (QED) is 0.670. The highest BCUT2D eigenvalue weighted by molar-refractivity contribution is 8.26. The number of carboxylic acids is 1. The van der Waals surface area contributed by atoms with Gasteiger partial charge in [-0.05, 0) is 23.7 Å². The summed E-state index contributed by atoms with van der Waals surface area (Å²) in [6.07, 6.45) is 5.51. The fraction of sp³-hybridized carbons (Fsp3) is 0. The highest BCUT2D eigenvalue weighted by atomic mass is 36.0. The molecule has 24 heavy (non-hydrogen) atoms. The molecule has 0 spiro atoms. The molecule has 0 saturated heterocycles. The summed E-state index contributed by atoms with van der Waals surface area (Å²) in [5.41, 5.74) is 0.370.